The molecule has 1 aromatic rings. The van der Waals surface area contributed by atoms with E-state index in [-0.39, 0.29) is 6.03 Å². The van der Waals surface area contributed by atoms with Crippen LogP contribution >= 0.6 is 11.6 Å². The second kappa shape index (κ2) is 7.14. The third-order valence-electron chi connectivity index (χ3n) is 3.10. The van der Waals surface area contributed by atoms with Crippen LogP contribution in [0.3, 0.4) is 0 Å². The molecular weight excluding hydrogens is 280 g/mol. The molecule has 0 heterocycles. The number of amides is 2. The number of rotatable bonds is 5. The molecule has 1 unspecified atom stereocenters. The Labute approximate surface area is 123 Å². The number of hydrogen-bond donors (Lipinski definition) is 1. The minimum absolute atomic E-state index is 0.325. The quantitative estimate of drug-likeness (QED) is 0.909. The summed E-state index contributed by atoms with van der Waals surface area (Å²) in [6, 6.07) is 6.04. The number of carboxylic acid groups (broad SMARTS) is 1. The normalized spacial score (nSPS) is 11.8. The highest BCUT2D eigenvalue weighted by atomic mass is 35.5. The van der Waals surface area contributed by atoms with Crippen molar-refractivity contribution in [2.45, 2.75) is 25.9 Å². The number of carbonyl (C=O) groups excluding carboxylic acids is 1. The summed E-state index contributed by atoms with van der Waals surface area (Å²) >= 11 is 5.80. The Hall–Kier alpha value is -1.75. The number of likely N-dealkylation sites (N-methyl/N-ethyl adjacent to an activating group) is 1. The van der Waals surface area contributed by atoms with Crippen LogP contribution < -0.4 is 0 Å². The summed E-state index contributed by atoms with van der Waals surface area (Å²) in [7, 11) is 3.14. The zero-order chi connectivity index (χ0) is 15.3. The molecule has 1 atom stereocenters. The number of hydrogen-bond acceptors (Lipinski definition) is 2. The van der Waals surface area contributed by atoms with Gasteiger partial charge in [-0.05, 0) is 24.1 Å². The van der Waals surface area contributed by atoms with Crippen LogP contribution in [0.15, 0.2) is 24.3 Å². The highest BCUT2D eigenvalue weighted by Crippen LogP contribution is 2.12. The second-order valence-corrected chi connectivity index (χ2v) is 5.07. The summed E-state index contributed by atoms with van der Waals surface area (Å²) in [4.78, 5) is 26.0. The maximum absolute atomic E-state index is 12.2. The first-order valence-corrected chi connectivity index (χ1v) is 6.69. The van der Waals surface area contributed by atoms with Crippen LogP contribution in [0, 0.1) is 0 Å². The largest absolute Gasteiger partial charge is 0.480 e. The first-order chi connectivity index (χ1) is 9.36. The van der Waals surface area contributed by atoms with Crippen LogP contribution in [0.25, 0.3) is 0 Å². The van der Waals surface area contributed by atoms with E-state index in [0.29, 0.717) is 18.0 Å². The van der Waals surface area contributed by atoms with E-state index in [4.69, 9.17) is 16.7 Å². The third kappa shape index (κ3) is 4.13. The summed E-state index contributed by atoms with van der Waals surface area (Å²) in [6.45, 7) is 2.14. The van der Waals surface area contributed by atoms with E-state index in [1.165, 1.54) is 16.8 Å². The molecular formula is C14H19ClN2O3. The summed E-state index contributed by atoms with van der Waals surface area (Å²) in [5, 5.41) is 9.70. The Morgan fingerprint density at radius 3 is 2.25 bits per heavy atom. The van der Waals surface area contributed by atoms with Gasteiger partial charge in [0.15, 0.2) is 0 Å². The molecule has 0 aromatic heterocycles. The zero-order valence-corrected chi connectivity index (χ0v) is 12.6. The number of benzene rings is 1. The molecule has 0 saturated carbocycles. The van der Waals surface area contributed by atoms with Gasteiger partial charge in [0.25, 0.3) is 0 Å². The van der Waals surface area contributed by atoms with Crippen molar-refractivity contribution >= 4 is 23.6 Å². The van der Waals surface area contributed by atoms with Gasteiger partial charge in [-0.1, -0.05) is 30.7 Å². The van der Waals surface area contributed by atoms with Gasteiger partial charge in [-0.15, -0.1) is 0 Å². The van der Waals surface area contributed by atoms with Gasteiger partial charge in [0.2, 0.25) is 0 Å². The lowest BCUT2D eigenvalue weighted by Gasteiger charge is -2.29. The molecule has 6 heteroatoms. The van der Waals surface area contributed by atoms with Gasteiger partial charge < -0.3 is 14.9 Å². The van der Waals surface area contributed by atoms with Crippen molar-refractivity contribution in [1.29, 1.82) is 0 Å². The van der Waals surface area contributed by atoms with E-state index in [1.807, 2.05) is 12.1 Å². The van der Waals surface area contributed by atoms with Crippen molar-refractivity contribution in [3.8, 4) is 0 Å². The van der Waals surface area contributed by atoms with Crippen LogP contribution in [-0.4, -0.2) is 47.0 Å². The number of carbonyl (C=O) groups is 2. The molecule has 0 radical (unpaired) electrons. The number of halogens is 1. The lowest BCUT2D eigenvalue weighted by atomic mass is 10.2. The Morgan fingerprint density at radius 1 is 1.25 bits per heavy atom. The molecule has 110 valence electrons. The topological polar surface area (TPSA) is 60.9 Å². The highest BCUT2D eigenvalue weighted by molar-refractivity contribution is 6.30. The molecule has 1 N–H and O–H groups in total. The minimum Gasteiger partial charge on any atom is -0.480 e. The number of urea groups is 1. The second-order valence-electron chi connectivity index (χ2n) is 4.64. The number of nitrogens with zero attached hydrogens (tertiary/aromatic N) is 2. The van der Waals surface area contributed by atoms with Gasteiger partial charge in [-0.2, -0.15) is 0 Å². The van der Waals surface area contributed by atoms with Crippen molar-refractivity contribution in [3.05, 3.63) is 34.9 Å². The molecule has 1 rings (SSSR count). The van der Waals surface area contributed by atoms with Gasteiger partial charge in [0.1, 0.15) is 6.04 Å². The molecule has 0 bridgehead atoms. The molecule has 2 amide bonds. The highest BCUT2D eigenvalue weighted by Gasteiger charge is 2.26. The molecule has 20 heavy (non-hydrogen) atoms. The van der Waals surface area contributed by atoms with E-state index >= 15 is 0 Å². The molecule has 0 saturated heterocycles. The van der Waals surface area contributed by atoms with Crippen LogP contribution in [-0.2, 0) is 11.3 Å². The van der Waals surface area contributed by atoms with E-state index in [1.54, 1.807) is 26.1 Å². The zero-order valence-electron chi connectivity index (χ0n) is 11.8. The van der Waals surface area contributed by atoms with E-state index in [2.05, 4.69) is 0 Å². The van der Waals surface area contributed by atoms with Gasteiger partial charge in [-0.25, -0.2) is 9.59 Å². The van der Waals surface area contributed by atoms with Gasteiger partial charge >= 0.3 is 12.0 Å². The minimum atomic E-state index is -0.997. The van der Waals surface area contributed by atoms with E-state index in [0.717, 1.165) is 5.56 Å². The molecule has 1 aromatic carbocycles. The number of aliphatic carboxylic acids is 1. The monoisotopic (exact) mass is 298 g/mol. The standard InChI is InChI=1S/C14H19ClN2O3/c1-4-12(13(18)19)17(3)14(20)16(2)9-10-5-7-11(15)8-6-10/h5-8,12H,4,9H2,1-3H3,(H,18,19). The maximum atomic E-state index is 12.2. The van der Waals surface area contributed by atoms with Crippen LogP contribution in [0.4, 0.5) is 4.79 Å². The molecule has 0 aliphatic heterocycles. The molecule has 0 aliphatic carbocycles. The van der Waals surface area contributed by atoms with Crippen molar-refractivity contribution in [2.24, 2.45) is 0 Å². The van der Waals surface area contributed by atoms with Crippen LogP contribution in [0.1, 0.15) is 18.9 Å². The Morgan fingerprint density at radius 2 is 1.80 bits per heavy atom. The SMILES string of the molecule is CCC(C(=O)O)N(C)C(=O)N(C)Cc1ccc(Cl)cc1. The summed E-state index contributed by atoms with van der Waals surface area (Å²) < 4.78 is 0. The lowest BCUT2D eigenvalue weighted by molar-refractivity contribution is -0.142. The van der Waals surface area contributed by atoms with Crippen LogP contribution in [0.2, 0.25) is 5.02 Å². The molecule has 0 spiro atoms. The van der Waals surface area contributed by atoms with Crippen molar-refractivity contribution in [2.75, 3.05) is 14.1 Å². The van der Waals surface area contributed by atoms with E-state index in [9.17, 15) is 9.59 Å². The Bertz CT molecular complexity index is 476. The predicted molar refractivity (Wildman–Crippen MR) is 77.8 cm³/mol. The van der Waals surface area contributed by atoms with Crippen LogP contribution in [0.5, 0.6) is 0 Å². The summed E-state index contributed by atoms with van der Waals surface area (Å²) in [5.41, 5.74) is 0.932. The van der Waals surface area contributed by atoms with Crippen molar-refractivity contribution in [3.63, 3.8) is 0 Å². The number of carboxylic acids is 1. The molecule has 0 aliphatic rings. The summed E-state index contributed by atoms with van der Waals surface area (Å²) in [5.74, 6) is -0.997. The fourth-order valence-corrected chi connectivity index (χ4v) is 2.07. The third-order valence-corrected chi connectivity index (χ3v) is 3.35. The molecule has 5 nitrogen and oxygen atoms in total. The van der Waals surface area contributed by atoms with Crippen molar-refractivity contribution in [1.82, 2.24) is 9.80 Å². The first-order valence-electron chi connectivity index (χ1n) is 6.32. The molecule has 0 fully saturated rings. The van der Waals surface area contributed by atoms with Gasteiger partial charge in [-0.3, -0.25) is 0 Å². The Kier molecular flexibility index (Phi) is 5.82. The fraction of sp³-hybridized carbons (Fsp3) is 0.429. The smallest absolute Gasteiger partial charge is 0.326 e. The van der Waals surface area contributed by atoms with E-state index < -0.39 is 12.0 Å². The average Bonchev–Trinajstić information content (AvgIpc) is 2.40. The van der Waals surface area contributed by atoms with Gasteiger partial charge in [0.05, 0.1) is 0 Å². The fourth-order valence-electron chi connectivity index (χ4n) is 1.95. The summed E-state index contributed by atoms with van der Waals surface area (Å²) in [6.07, 6.45) is 0.367. The predicted octanol–water partition coefficient (Wildman–Crippen LogP) is 2.69. The van der Waals surface area contributed by atoms with Gasteiger partial charge in [0, 0.05) is 25.7 Å². The Balaban J connectivity index is 2.71. The lowest BCUT2D eigenvalue weighted by Crippen LogP contribution is -2.47. The first kappa shape index (κ1) is 16.3. The maximum Gasteiger partial charge on any atom is 0.326 e. The van der Waals surface area contributed by atoms with Crippen molar-refractivity contribution < 1.29 is 14.7 Å². The average molecular weight is 299 g/mol.